The molecule has 13 heavy (non-hydrogen) atoms. The number of dihydropyridines is 1. The molecule has 0 radical (unpaired) electrons. The molecule has 0 amide bonds. The van der Waals surface area contributed by atoms with Gasteiger partial charge in [-0.3, -0.25) is 4.98 Å². The number of rotatable bonds is 1. The highest BCUT2D eigenvalue weighted by Crippen LogP contribution is 2.15. The van der Waals surface area contributed by atoms with Gasteiger partial charge in [-0.2, -0.15) is 0 Å². The van der Waals surface area contributed by atoms with E-state index < -0.39 is 5.66 Å². The molecule has 2 rings (SSSR count). The van der Waals surface area contributed by atoms with Gasteiger partial charge in [-0.05, 0) is 30.5 Å². The van der Waals surface area contributed by atoms with E-state index in [9.17, 15) is 0 Å². The third-order valence-corrected chi connectivity index (χ3v) is 1.98. The average Bonchev–Trinajstić information content (AvgIpc) is 2.20. The third kappa shape index (κ3) is 1.46. The van der Waals surface area contributed by atoms with Gasteiger partial charge in [0.2, 0.25) is 0 Å². The number of hydrogen-bond donors (Lipinski definition) is 2. The molecule has 1 atom stereocenters. The fourth-order valence-electron chi connectivity index (χ4n) is 1.26. The molecule has 66 valence electrons. The van der Waals surface area contributed by atoms with Crippen molar-refractivity contribution >= 4 is 0 Å². The highest BCUT2D eigenvalue weighted by molar-refractivity contribution is 5.27. The number of pyridine rings is 1. The quantitative estimate of drug-likeness (QED) is 0.662. The molecule has 0 bridgehead atoms. The minimum atomic E-state index is -0.657. The van der Waals surface area contributed by atoms with Gasteiger partial charge >= 0.3 is 0 Å². The van der Waals surface area contributed by atoms with Crippen molar-refractivity contribution in [3.05, 3.63) is 54.5 Å². The van der Waals surface area contributed by atoms with Crippen LogP contribution in [0, 0.1) is 0 Å². The molecule has 0 aromatic carbocycles. The number of nitrogens with one attached hydrogen (secondary N) is 1. The predicted molar refractivity (Wildman–Crippen MR) is 51.5 cm³/mol. The first kappa shape index (κ1) is 8.01. The zero-order valence-electron chi connectivity index (χ0n) is 7.14. The maximum atomic E-state index is 6.07. The molecule has 3 N–H and O–H groups in total. The standard InChI is InChI=1S/C10H11N3/c11-10(6-2-4-8-13-10)9-5-1-3-7-12-9/h1-8,13H,11H2. The van der Waals surface area contributed by atoms with Crippen LogP contribution < -0.4 is 11.1 Å². The summed E-state index contributed by atoms with van der Waals surface area (Å²) in [7, 11) is 0. The van der Waals surface area contributed by atoms with Crippen LogP contribution in [0.4, 0.5) is 0 Å². The summed E-state index contributed by atoms with van der Waals surface area (Å²) in [6.07, 6.45) is 9.24. The van der Waals surface area contributed by atoms with Gasteiger partial charge in [0.15, 0.2) is 0 Å². The maximum Gasteiger partial charge on any atom is 0.149 e. The van der Waals surface area contributed by atoms with Gasteiger partial charge in [0.1, 0.15) is 5.66 Å². The number of hydrogen-bond acceptors (Lipinski definition) is 3. The Morgan fingerprint density at radius 2 is 2.23 bits per heavy atom. The van der Waals surface area contributed by atoms with Crippen LogP contribution in [0.2, 0.25) is 0 Å². The van der Waals surface area contributed by atoms with Crippen LogP contribution >= 0.6 is 0 Å². The van der Waals surface area contributed by atoms with Crippen LogP contribution in [0.3, 0.4) is 0 Å². The van der Waals surface area contributed by atoms with Crippen LogP contribution in [0.5, 0.6) is 0 Å². The number of aromatic nitrogens is 1. The average molecular weight is 173 g/mol. The van der Waals surface area contributed by atoms with Crippen molar-refractivity contribution in [2.45, 2.75) is 5.66 Å². The second-order valence-electron chi connectivity index (χ2n) is 2.95. The molecule has 1 aliphatic rings. The van der Waals surface area contributed by atoms with E-state index >= 15 is 0 Å². The second kappa shape index (κ2) is 3.03. The summed E-state index contributed by atoms with van der Waals surface area (Å²) in [5.41, 5.74) is 6.23. The largest absolute Gasteiger partial charge is 0.365 e. The fourth-order valence-corrected chi connectivity index (χ4v) is 1.26. The zero-order valence-corrected chi connectivity index (χ0v) is 7.14. The molecule has 2 heterocycles. The number of nitrogens with two attached hydrogens (primary N) is 1. The van der Waals surface area contributed by atoms with Gasteiger partial charge in [0.05, 0.1) is 5.69 Å². The Morgan fingerprint density at radius 1 is 1.31 bits per heavy atom. The smallest absolute Gasteiger partial charge is 0.149 e. The van der Waals surface area contributed by atoms with Crippen LogP contribution in [0.15, 0.2) is 48.8 Å². The van der Waals surface area contributed by atoms with E-state index in [1.54, 1.807) is 6.20 Å². The van der Waals surface area contributed by atoms with Crippen LogP contribution in [-0.4, -0.2) is 4.98 Å². The van der Waals surface area contributed by atoms with Gasteiger partial charge < -0.3 is 11.1 Å². The predicted octanol–water partition coefficient (Wildman–Crippen LogP) is 0.866. The Labute approximate surface area is 77.0 Å². The fraction of sp³-hybridized carbons (Fsp3) is 0.100. The summed E-state index contributed by atoms with van der Waals surface area (Å²) < 4.78 is 0. The van der Waals surface area contributed by atoms with E-state index in [1.807, 2.05) is 42.6 Å². The highest BCUT2D eigenvalue weighted by atomic mass is 15.1. The molecule has 0 saturated carbocycles. The monoisotopic (exact) mass is 173 g/mol. The van der Waals surface area contributed by atoms with Crippen molar-refractivity contribution < 1.29 is 0 Å². The summed E-state index contributed by atoms with van der Waals surface area (Å²) in [6.45, 7) is 0. The molecule has 3 heteroatoms. The Bertz CT molecular complexity index is 342. The van der Waals surface area contributed by atoms with Gasteiger partial charge in [0.25, 0.3) is 0 Å². The second-order valence-corrected chi connectivity index (χ2v) is 2.95. The Balaban J connectivity index is 2.35. The van der Waals surface area contributed by atoms with Crippen molar-refractivity contribution in [3.63, 3.8) is 0 Å². The van der Waals surface area contributed by atoms with Gasteiger partial charge in [-0.25, -0.2) is 0 Å². The maximum absolute atomic E-state index is 6.07. The van der Waals surface area contributed by atoms with Gasteiger partial charge in [0, 0.05) is 6.20 Å². The normalized spacial score (nSPS) is 25.6. The molecule has 0 aliphatic carbocycles. The number of nitrogens with zero attached hydrogens (tertiary/aromatic N) is 1. The van der Waals surface area contributed by atoms with Gasteiger partial charge in [-0.1, -0.05) is 12.1 Å². The molecule has 1 aliphatic heterocycles. The summed E-state index contributed by atoms with van der Waals surface area (Å²) in [4.78, 5) is 4.20. The van der Waals surface area contributed by atoms with Crippen LogP contribution in [-0.2, 0) is 5.66 Å². The Kier molecular flexibility index (Phi) is 1.87. The minimum absolute atomic E-state index is 0.657. The van der Waals surface area contributed by atoms with Crippen molar-refractivity contribution in [2.24, 2.45) is 5.73 Å². The van der Waals surface area contributed by atoms with Crippen molar-refractivity contribution in [1.82, 2.24) is 10.3 Å². The molecule has 0 saturated heterocycles. The SMILES string of the molecule is NC1(c2ccccn2)C=CC=CN1. The molecule has 0 spiro atoms. The first-order valence-electron chi connectivity index (χ1n) is 4.14. The lowest BCUT2D eigenvalue weighted by atomic mass is 10.0. The molecule has 3 nitrogen and oxygen atoms in total. The number of allylic oxidation sites excluding steroid dienone is 2. The zero-order chi connectivity index (χ0) is 9.15. The van der Waals surface area contributed by atoms with Crippen LogP contribution in [0.1, 0.15) is 5.69 Å². The van der Waals surface area contributed by atoms with Gasteiger partial charge in [-0.15, -0.1) is 0 Å². The molecular formula is C10H11N3. The lowest BCUT2D eigenvalue weighted by Crippen LogP contribution is -2.47. The van der Waals surface area contributed by atoms with Crippen molar-refractivity contribution in [1.29, 1.82) is 0 Å². The molecular weight excluding hydrogens is 162 g/mol. The lowest BCUT2D eigenvalue weighted by Gasteiger charge is -2.27. The first-order valence-corrected chi connectivity index (χ1v) is 4.14. The van der Waals surface area contributed by atoms with E-state index in [4.69, 9.17) is 5.73 Å². The summed E-state index contributed by atoms with van der Waals surface area (Å²) in [5.74, 6) is 0. The van der Waals surface area contributed by atoms with Crippen LogP contribution in [0.25, 0.3) is 0 Å². The van der Waals surface area contributed by atoms with E-state index in [0.29, 0.717) is 0 Å². The van der Waals surface area contributed by atoms with Crippen molar-refractivity contribution in [3.8, 4) is 0 Å². The van der Waals surface area contributed by atoms with Crippen molar-refractivity contribution in [2.75, 3.05) is 0 Å². The van der Waals surface area contributed by atoms with E-state index in [1.165, 1.54) is 0 Å². The summed E-state index contributed by atoms with van der Waals surface area (Å²) >= 11 is 0. The van der Waals surface area contributed by atoms with E-state index in [2.05, 4.69) is 10.3 Å². The summed E-state index contributed by atoms with van der Waals surface area (Å²) in [5, 5.41) is 3.06. The Hall–Kier alpha value is -1.61. The topological polar surface area (TPSA) is 50.9 Å². The lowest BCUT2D eigenvalue weighted by molar-refractivity contribution is 0.479. The summed E-state index contributed by atoms with van der Waals surface area (Å²) in [6, 6.07) is 5.69. The molecule has 0 fully saturated rings. The molecule has 1 unspecified atom stereocenters. The van der Waals surface area contributed by atoms with E-state index in [-0.39, 0.29) is 0 Å². The third-order valence-electron chi connectivity index (χ3n) is 1.98. The minimum Gasteiger partial charge on any atom is -0.365 e. The Morgan fingerprint density at radius 3 is 2.85 bits per heavy atom. The highest BCUT2D eigenvalue weighted by Gasteiger charge is 2.24. The molecule has 1 aromatic rings. The molecule has 1 aromatic heterocycles. The van der Waals surface area contributed by atoms with E-state index in [0.717, 1.165) is 5.69 Å². The first-order chi connectivity index (χ1) is 6.31.